The Morgan fingerprint density at radius 2 is 1.90 bits per heavy atom. The number of rotatable bonds is 3. The van der Waals surface area contributed by atoms with E-state index in [4.69, 9.17) is 0 Å². The molecule has 1 aromatic rings. The van der Waals surface area contributed by atoms with Gasteiger partial charge in [0.15, 0.2) is 0 Å². The Balaban J connectivity index is 1.98. The van der Waals surface area contributed by atoms with Gasteiger partial charge in [0.05, 0.1) is 12.1 Å². The lowest BCUT2D eigenvalue weighted by atomic mass is 9.91. The van der Waals surface area contributed by atoms with Gasteiger partial charge < -0.3 is 15.1 Å². The van der Waals surface area contributed by atoms with Gasteiger partial charge in [0.25, 0.3) is 0 Å². The summed E-state index contributed by atoms with van der Waals surface area (Å²) in [5.74, 6) is 0.0972. The SMILES string of the molecule is CN(C(=O)/C=C/c1ccc(O)cc1)C1CCCCC1O. The molecule has 4 nitrogen and oxygen atoms in total. The summed E-state index contributed by atoms with van der Waals surface area (Å²) < 4.78 is 0. The molecule has 0 aliphatic heterocycles. The van der Waals surface area contributed by atoms with Gasteiger partial charge in [0.1, 0.15) is 5.75 Å². The zero-order valence-electron chi connectivity index (χ0n) is 11.7. The number of aliphatic hydroxyl groups excluding tert-OH is 1. The normalized spacial score (nSPS) is 22.9. The van der Waals surface area contributed by atoms with Crippen molar-refractivity contribution in [3.8, 4) is 5.75 Å². The Bertz CT molecular complexity index is 481. The van der Waals surface area contributed by atoms with E-state index in [2.05, 4.69) is 0 Å². The number of phenolic OH excluding ortho intramolecular Hbond substituents is 1. The highest BCUT2D eigenvalue weighted by Crippen LogP contribution is 2.22. The predicted molar refractivity (Wildman–Crippen MR) is 78.2 cm³/mol. The molecule has 1 aliphatic carbocycles. The topological polar surface area (TPSA) is 60.8 Å². The van der Waals surface area contributed by atoms with Crippen LogP contribution in [0.25, 0.3) is 6.08 Å². The Kier molecular flexibility index (Phi) is 4.79. The van der Waals surface area contributed by atoms with E-state index in [1.54, 1.807) is 42.3 Å². The minimum absolute atomic E-state index is 0.0827. The molecule has 20 heavy (non-hydrogen) atoms. The first kappa shape index (κ1) is 14.6. The lowest BCUT2D eigenvalue weighted by Crippen LogP contribution is -2.45. The Labute approximate surface area is 119 Å². The highest BCUT2D eigenvalue weighted by molar-refractivity contribution is 5.91. The average molecular weight is 275 g/mol. The molecule has 2 rings (SSSR count). The molecule has 1 aromatic carbocycles. The van der Waals surface area contributed by atoms with E-state index in [9.17, 15) is 15.0 Å². The maximum Gasteiger partial charge on any atom is 0.246 e. The van der Waals surface area contributed by atoms with Crippen molar-refractivity contribution in [3.05, 3.63) is 35.9 Å². The second-order valence-corrected chi connectivity index (χ2v) is 5.29. The van der Waals surface area contributed by atoms with Gasteiger partial charge in [-0.25, -0.2) is 0 Å². The number of hydrogen-bond acceptors (Lipinski definition) is 3. The van der Waals surface area contributed by atoms with Crippen LogP contribution in [0.4, 0.5) is 0 Å². The molecule has 1 aliphatic rings. The molecular formula is C16H21NO3. The number of likely N-dealkylation sites (N-methyl/N-ethyl adjacent to an activating group) is 1. The van der Waals surface area contributed by atoms with Crippen molar-refractivity contribution in [3.63, 3.8) is 0 Å². The van der Waals surface area contributed by atoms with E-state index in [0.717, 1.165) is 31.2 Å². The molecule has 0 heterocycles. The van der Waals surface area contributed by atoms with E-state index < -0.39 is 6.10 Å². The maximum atomic E-state index is 12.1. The van der Waals surface area contributed by atoms with Crippen molar-refractivity contribution >= 4 is 12.0 Å². The van der Waals surface area contributed by atoms with E-state index >= 15 is 0 Å². The van der Waals surface area contributed by atoms with E-state index in [1.807, 2.05) is 0 Å². The van der Waals surface area contributed by atoms with Crippen LogP contribution in [0.3, 0.4) is 0 Å². The highest BCUT2D eigenvalue weighted by atomic mass is 16.3. The third kappa shape index (κ3) is 3.61. The highest BCUT2D eigenvalue weighted by Gasteiger charge is 2.28. The third-order valence-corrected chi connectivity index (χ3v) is 3.85. The van der Waals surface area contributed by atoms with E-state index in [1.165, 1.54) is 6.08 Å². The second kappa shape index (κ2) is 6.57. The van der Waals surface area contributed by atoms with Crippen LogP contribution < -0.4 is 0 Å². The molecule has 0 spiro atoms. The van der Waals surface area contributed by atoms with Gasteiger partial charge in [-0.1, -0.05) is 25.0 Å². The number of amides is 1. The summed E-state index contributed by atoms with van der Waals surface area (Å²) in [7, 11) is 1.74. The molecule has 1 fully saturated rings. The molecule has 2 atom stereocenters. The zero-order chi connectivity index (χ0) is 14.5. The smallest absolute Gasteiger partial charge is 0.246 e. The summed E-state index contributed by atoms with van der Waals surface area (Å²) in [6.07, 6.45) is 6.52. The van der Waals surface area contributed by atoms with Gasteiger partial charge in [-0.2, -0.15) is 0 Å². The number of carbonyl (C=O) groups is 1. The molecule has 2 unspecified atom stereocenters. The standard InChI is InChI=1S/C16H21NO3/c1-17(14-4-2-3-5-15(14)19)16(20)11-8-12-6-9-13(18)10-7-12/h6-11,14-15,18-19H,2-5H2,1H3/b11-8+. The van der Waals surface area contributed by atoms with Gasteiger partial charge in [0.2, 0.25) is 5.91 Å². The van der Waals surface area contributed by atoms with Gasteiger partial charge in [0, 0.05) is 13.1 Å². The number of carbonyl (C=O) groups excluding carboxylic acids is 1. The molecule has 1 amide bonds. The Hall–Kier alpha value is -1.81. The van der Waals surface area contributed by atoms with Crippen LogP contribution in [-0.2, 0) is 4.79 Å². The van der Waals surface area contributed by atoms with Crippen molar-refractivity contribution in [2.45, 2.75) is 37.8 Å². The molecule has 4 heteroatoms. The molecule has 108 valence electrons. The van der Waals surface area contributed by atoms with Crippen molar-refractivity contribution < 1.29 is 15.0 Å². The van der Waals surface area contributed by atoms with Crippen molar-refractivity contribution in [1.29, 1.82) is 0 Å². The molecule has 0 bridgehead atoms. The van der Waals surface area contributed by atoms with Gasteiger partial charge in [-0.3, -0.25) is 4.79 Å². The lowest BCUT2D eigenvalue weighted by Gasteiger charge is -2.34. The summed E-state index contributed by atoms with van der Waals surface area (Å²) in [5, 5.41) is 19.2. The molecule has 0 aromatic heterocycles. The first-order valence-electron chi connectivity index (χ1n) is 7.00. The van der Waals surface area contributed by atoms with Crippen LogP contribution >= 0.6 is 0 Å². The van der Waals surface area contributed by atoms with Gasteiger partial charge in [-0.05, 0) is 36.6 Å². The van der Waals surface area contributed by atoms with Crippen LogP contribution in [0.15, 0.2) is 30.3 Å². The average Bonchev–Trinajstić information content (AvgIpc) is 2.46. The molecular weight excluding hydrogens is 254 g/mol. The van der Waals surface area contributed by atoms with Crippen molar-refractivity contribution in [2.24, 2.45) is 0 Å². The number of benzene rings is 1. The minimum atomic E-state index is -0.417. The Morgan fingerprint density at radius 3 is 2.55 bits per heavy atom. The monoisotopic (exact) mass is 275 g/mol. The van der Waals surface area contributed by atoms with E-state index in [-0.39, 0.29) is 17.7 Å². The van der Waals surface area contributed by atoms with E-state index in [0.29, 0.717) is 0 Å². The quantitative estimate of drug-likeness (QED) is 0.831. The largest absolute Gasteiger partial charge is 0.508 e. The summed E-state index contributed by atoms with van der Waals surface area (Å²) in [4.78, 5) is 13.7. The molecule has 2 N–H and O–H groups in total. The van der Waals surface area contributed by atoms with Crippen LogP contribution in [0.2, 0.25) is 0 Å². The maximum absolute atomic E-state index is 12.1. The van der Waals surface area contributed by atoms with Crippen molar-refractivity contribution in [1.82, 2.24) is 4.90 Å². The number of aromatic hydroxyl groups is 1. The van der Waals surface area contributed by atoms with Crippen LogP contribution in [-0.4, -0.2) is 40.2 Å². The van der Waals surface area contributed by atoms with Gasteiger partial charge >= 0.3 is 0 Å². The number of hydrogen-bond donors (Lipinski definition) is 2. The minimum Gasteiger partial charge on any atom is -0.508 e. The first-order valence-corrected chi connectivity index (χ1v) is 7.00. The fraction of sp³-hybridized carbons (Fsp3) is 0.438. The fourth-order valence-electron chi connectivity index (χ4n) is 2.58. The van der Waals surface area contributed by atoms with Gasteiger partial charge in [-0.15, -0.1) is 0 Å². The molecule has 1 saturated carbocycles. The van der Waals surface area contributed by atoms with Crippen molar-refractivity contribution in [2.75, 3.05) is 7.05 Å². The number of nitrogens with zero attached hydrogens (tertiary/aromatic N) is 1. The van der Waals surface area contributed by atoms with Crippen LogP contribution in [0.1, 0.15) is 31.2 Å². The first-order chi connectivity index (χ1) is 9.58. The second-order valence-electron chi connectivity index (χ2n) is 5.29. The predicted octanol–water partition coefficient (Wildman–Crippen LogP) is 2.17. The summed E-state index contributed by atoms with van der Waals surface area (Å²) in [6, 6.07) is 6.57. The van der Waals surface area contributed by atoms with Crippen LogP contribution in [0.5, 0.6) is 5.75 Å². The molecule has 0 saturated heterocycles. The number of phenols is 1. The zero-order valence-corrected chi connectivity index (χ0v) is 11.7. The summed E-state index contributed by atoms with van der Waals surface area (Å²) >= 11 is 0. The number of aliphatic hydroxyl groups is 1. The molecule has 0 radical (unpaired) electrons. The lowest BCUT2D eigenvalue weighted by molar-refractivity contribution is -0.130. The third-order valence-electron chi connectivity index (χ3n) is 3.85. The van der Waals surface area contributed by atoms with Crippen LogP contribution in [0, 0.1) is 0 Å². The Morgan fingerprint density at radius 1 is 1.25 bits per heavy atom. The summed E-state index contributed by atoms with van der Waals surface area (Å²) in [6.45, 7) is 0. The summed E-state index contributed by atoms with van der Waals surface area (Å²) in [5.41, 5.74) is 0.855. The fourth-order valence-corrected chi connectivity index (χ4v) is 2.58.